The molecule has 2 aromatic rings. The highest BCUT2D eigenvalue weighted by Crippen LogP contribution is 2.32. The van der Waals surface area contributed by atoms with Gasteiger partial charge in [-0.2, -0.15) is 5.26 Å². The number of carbonyl (C=O) groups excluding carboxylic acids is 1. The Kier molecular flexibility index (Phi) is 9.71. The summed E-state index contributed by atoms with van der Waals surface area (Å²) in [5, 5.41) is 29.6. The molecule has 0 aliphatic carbocycles. The lowest BCUT2D eigenvalue weighted by Gasteiger charge is -2.26. The van der Waals surface area contributed by atoms with E-state index in [0.29, 0.717) is 22.6 Å². The molecule has 0 radical (unpaired) electrons. The lowest BCUT2D eigenvalue weighted by atomic mass is 10.0. The number of rotatable bonds is 11. The Morgan fingerprint density at radius 3 is 2.53 bits per heavy atom. The van der Waals surface area contributed by atoms with Gasteiger partial charge in [-0.1, -0.05) is 18.2 Å². The molecule has 0 aliphatic rings. The largest absolute Gasteiger partial charge is 0.491 e. The lowest BCUT2D eigenvalue weighted by Crippen LogP contribution is -2.28. The quantitative estimate of drug-likeness (QED) is 0.453. The van der Waals surface area contributed by atoms with Crippen LogP contribution in [0, 0.1) is 11.3 Å². The summed E-state index contributed by atoms with van der Waals surface area (Å²) in [5.74, 6) is -0.827. The highest BCUT2D eigenvalue weighted by Gasteiger charge is 2.29. The molecule has 1 amide bonds. The molecule has 0 aliphatic heterocycles. The molecule has 2 atom stereocenters. The predicted octanol–water partition coefficient (Wildman–Crippen LogP) is 3.27. The normalized spacial score (nSPS) is 12.5. The van der Waals surface area contributed by atoms with Gasteiger partial charge in [0.1, 0.15) is 18.5 Å². The van der Waals surface area contributed by atoms with Gasteiger partial charge in [0.25, 0.3) is 0 Å². The molecule has 0 unspecified atom stereocenters. The number of carboxylic acids is 1. The van der Waals surface area contributed by atoms with E-state index < -0.39 is 24.3 Å². The Morgan fingerprint density at radius 1 is 1.19 bits per heavy atom. The van der Waals surface area contributed by atoms with Gasteiger partial charge in [0.15, 0.2) is 6.10 Å². The van der Waals surface area contributed by atoms with Crippen molar-refractivity contribution in [3.8, 4) is 11.8 Å². The number of nitrogens with one attached hydrogen (secondary N) is 1. The number of nitriles is 1. The van der Waals surface area contributed by atoms with Crippen LogP contribution in [-0.4, -0.2) is 48.2 Å². The third kappa shape index (κ3) is 7.43. The molecule has 0 heterocycles. The molecule has 2 aromatic carbocycles. The van der Waals surface area contributed by atoms with Crippen molar-refractivity contribution in [2.24, 2.45) is 0 Å². The fourth-order valence-corrected chi connectivity index (χ4v) is 2.81. The molecule has 9 nitrogen and oxygen atoms in total. The number of hydrogen-bond donors (Lipinski definition) is 3. The summed E-state index contributed by atoms with van der Waals surface area (Å²) in [5.41, 5.74) is 1.28. The van der Waals surface area contributed by atoms with Crippen molar-refractivity contribution in [1.82, 2.24) is 0 Å². The third-order valence-electron chi connectivity index (χ3n) is 4.15. The van der Waals surface area contributed by atoms with Crippen LogP contribution in [0.2, 0.25) is 0 Å². The van der Waals surface area contributed by atoms with Gasteiger partial charge in [0.2, 0.25) is 0 Å². The number of aliphatic hydroxyl groups excluding tert-OH is 1. The fraction of sp³-hybridized carbons (Fsp3) is 0.261. The Hall–Kier alpha value is -3.87. The molecule has 0 saturated heterocycles. The van der Waals surface area contributed by atoms with Gasteiger partial charge >= 0.3 is 12.1 Å². The zero-order chi connectivity index (χ0) is 23.3. The maximum Gasteiger partial charge on any atom is 0.412 e. The molecule has 9 heteroatoms. The molecule has 0 bridgehead atoms. The topological polar surface area (TPSA) is 138 Å². The van der Waals surface area contributed by atoms with Crippen molar-refractivity contribution in [2.45, 2.75) is 19.1 Å². The Morgan fingerprint density at radius 2 is 1.91 bits per heavy atom. The first-order valence-corrected chi connectivity index (χ1v) is 9.81. The second-order valence-corrected chi connectivity index (χ2v) is 6.37. The molecule has 0 fully saturated rings. The van der Waals surface area contributed by atoms with Gasteiger partial charge in [-0.05, 0) is 43.3 Å². The number of anilines is 1. The smallest absolute Gasteiger partial charge is 0.412 e. The number of amides is 1. The second-order valence-electron chi connectivity index (χ2n) is 6.37. The van der Waals surface area contributed by atoms with Gasteiger partial charge < -0.3 is 24.4 Å². The summed E-state index contributed by atoms with van der Waals surface area (Å²) in [6.45, 7) is 1.76. The van der Waals surface area contributed by atoms with Crippen LogP contribution in [0.3, 0.4) is 0 Å². The highest BCUT2D eigenvalue weighted by molar-refractivity contribution is 5.85. The molecular formula is C23H24N2O7. The summed E-state index contributed by atoms with van der Waals surface area (Å²) >= 11 is 0. The van der Waals surface area contributed by atoms with Crippen molar-refractivity contribution in [2.75, 3.05) is 25.1 Å². The van der Waals surface area contributed by atoms with Gasteiger partial charge in [-0.3, -0.25) is 5.32 Å². The number of carbonyl (C=O) groups is 2. The van der Waals surface area contributed by atoms with Crippen LogP contribution in [0.25, 0.3) is 0 Å². The summed E-state index contributed by atoms with van der Waals surface area (Å²) in [6, 6.07) is 14.9. The van der Waals surface area contributed by atoms with E-state index in [-0.39, 0.29) is 19.8 Å². The number of ether oxygens (including phenoxy) is 3. The first kappa shape index (κ1) is 24.4. The number of carboxylic acid groups (broad SMARTS) is 1. The zero-order valence-corrected chi connectivity index (χ0v) is 17.4. The number of para-hydroxylation sites is 1. The van der Waals surface area contributed by atoms with Crippen molar-refractivity contribution >= 4 is 17.7 Å². The molecule has 0 saturated carbocycles. The first-order valence-electron chi connectivity index (χ1n) is 9.81. The molecule has 3 N–H and O–H groups in total. The van der Waals surface area contributed by atoms with Crippen molar-refractivity contribution in [3.05, 3.63) is 71.8 Å². The standard InChI is InChI=1S/C23H24N2O7/c1-2-30-20(11-12-21(27)28)22(18-5-3-4-6-19(18)31-14-13-26)32-23(29)25-17-9-7-16(15-24)8-10-17/h3-12,20,22,26H,2,13-14H2,1H3,(H,25,29)(H,27,28)/b12-11+/t20-,22-/m1/s1. The van der Waals surface area contributed by atoms with E-state index in [1.54, 1.807) is 55.5 Å². The molecule has 0 aromatic heterocycles. The van der Waals surface area contributed by atoms with E-state index in [1.165, 1.54) is 6.08 Å². The minimum atomic E-state index is -1.18. The van der Waals surface area contributed by atoms with Crippen LogP contribution in [0.4, 0.5) is 10.5 Å². The van der Waals surface area contributed by atoms with Crippen molar-refractivity contribution < 1.29 is 34.0 Å². The van der Waals surface area contributed by atoms with Gasteiger partial charge in [-0.25, -0.2) is 9.59 Å². The third-order valence-corrected chi connectivity index (χ3v) is 4.15. The van der Waals surface area contributed by atoms with Crippen LogP contribution in [0.15, 0.2) is 60.7 Å². The molecule has 2 rings (SSSR count). The van der Waals surface area contributed by atoms with Crippen LogP contribution in [-0.2, 0) is 14.3 Å². The maximum atomic E-state index is 12.6. The second kappa shape index (κ2) is 12.7. The Bertz CT molecular complexity index is 967. The number of aliphatic hydroxyl groups is 1. The molecule has 168 valence electrons. The van der Waals surface area contributed by atoms with Gasteiger partial charge in [-0.15, -0.1) is 0 Å². The van der Waals surface area contributed by atoms with Crippen LogP contribution in [0.5, 0.6) is 5.75 Å². The monoisotopic (exact) mass is 440 g/mol. The van der Waals surface area contributed by atoms with Crippen molar-refractivity contribution in [1.29, 1.82) is 5.26 Å². The molecule has 0 spiro atoms. The van der Waals surface area contributed by atoms with E-state index in [4.69, 9.17) is 29.7 Å². The summed E-state index contributed by atoms with van der Waals surface area (Å²) in [6.07, 6.45) is -0.605. The summed E-state index contributed by atoms with van der Waals surface area (Å²) < 4.78 is 16.8. The number of nitrogens with zero attached hydrogens (tertiary/aromatic N) is 1. The maximum absolute atomic E-state index is 12.6. The van der Waals surface area contributed by atoms with Crippen LogP contribution in [0.1, 0.15) is 24.2 Å². The van der Waals surface area contributed by atoms with Gasteiger partial charge in [0, 0.05) is 23.9 Å². The van der Waals surface area contributed by atoms with Gasteiger partial charge in [0.05, 0.1) is 18.2 Å². The number of benzene rings is 2. The van der Waals surface area contributed by atoms with E-state index in [0.717, 1.165) is 6.08 Å². The SMILES string of the molecule is CCO[C@H](/C=C/C(=O)O)[C@H](OC(=O)Nc1ccc(C#N)cc1)c1ccccc1OCCO. The molecule has 32 heavy (non-hydrogen) atoms. The van der Waals surface area contributed by atoms with E-state index in [1.807, 2.05) is 6.07 Å². The van der Waals surface area contributed by atoms with Crippen LogP contribution >= 0.6 is 0 Å². The average Bonchev–Trinajstić information content (AvgIpc) is 2.79. The van der Waals surface area contributed by atoms with E-state index in [9.17, 15) is 9.59 Å². The van der Waals surface area contributed by atoms with E-state index >= 15 is 0 Å². The minimum absolute atomic E-state index is 0.0193. The fourth-order valence-electron chi connectivity index (χ4n) is 2.81. The average molecular weight is 440 g/mol. The predicted molar refractivity (Wildman–Crippen MR) is 115 cm³/mol. The zero-order valence-electron chi connectivity index (χ0n) is 17.4. The minimum Gasteiger partial charge on any atom is -0.491 e. The Balaban J connectivity index is 2.35. The Labute approximate surface area is 185 Å². The summed E-state index contributed by atoms with van der Waals surface area (Å²) in [7, 11) is 0. The van der Waals surface area contributed by atoms with E-state index in [2.05, 4.69) is 5.32 Å². The highest BCUT2D eigenvalue weighted by atomic mass is 16.6. The van der Waals surface area contributed by atoms with Crippen molar-refractivity contribution in [3.63, 3.8) is 0 Å². The lowest BCUT2D eigenvalue weighted by molar-refractivity contribution is -0.131. The van der Waals surface area contributed by atoms with Crippen LogP contribution < -0.4 is 10.1 Å². The summed E-state index contributed by atoms with van der Waals surface area (Å²) in [4.78, 5) is 23.7. The first-order chi connectivity index (χ1) is 15.5. The number of aliphatic carboxylic acids is 1. The number of hydrogen-bond acceptors (Lipinski definition) is 7. The molecular weight excluding hydrogens is 416 g/mol.